The van der Waals surface area contributed by atoms with Gasteiger partial charge in [0.2, 0.25) is 0 Å². The summed E-state index contributed by atoms with van der Waals surface area (Å²) >= 11 is 0. The molecule has 2 heterocycles. The Kier molecular flexibility index (Phi) is 1.12. The van der Waals surface area contributed by atoms with Gasteiger partial charge in [0.1, 0.15) is 6.20 Å². The number of rotatable bonds is 0. The third-order valence-corrected chi connectivity index (χ3v) is 1.74. The van der Waals surface area contributed by atoms with E-state index in [4.69, 9.17) is 0 Å². The van der Waals surface area contributed by atoms with Crippen molar-refractivity contribution in [3.8, 4) is 0 Å². The number of hydrogen-bond donors (Lipinski definition) is 1. The van der Waals surface area contributed by atoms with Crippen molar-refractivity contribution < 1.29 is 9.61 Å². The van der Waals surface area contributed by atoms with Crippen LogP contribution in [0.3, 0.4) is 0 Å². The van der Waals surface area contributed by atoms with Crippen LogP contribution in [0.5, 0.6) is 0 Å². The van der Waals surface area contributed by atoms with Crippen molar-refractivity contribution in [2.75, 3.05) is 0 Å². The summed E-state index contributed by atoms with van der Waals surface area (Å²) in [5, 5.41) is 9.39. The molecule has 1 N–H and O–H groups in total. The Labute approximate surface area is 64.1 Å². The molecule has 0 aliphatic heterocycles. The van der Waals surface area contributed by atoms with Crippen molar-refractivity contribution in [1.29, 1.82) is 0 Å². The van der Waals surface area contributed by atoms with E-state index in [2.05, 4.69) is 0 Å². The second-order valence-electron chi connectivity index (χ2n) is 2.55. The van der Waals surface area contributed by atoms with Gasteiger partial charge in [-0.3, -0.25) is 0 Å². The molecule has 0 atom stereocenters. The minimum absolute atomic E-state index is 0.782. The molecule has 56 valence electrons. The fourth-order valence-corrected chi connectivity index (χ4v) is 1.17. The normalized spacial score (nSPS) is 10.6. The van der Waals surface area contributed by atoms with Gasteiger partial charge in [-0.05, 0) is 10.8 Å². The number of aryl methyl sites for hydroxylation is 1. The zero-order valence-corrected chi connectivity index (χ0v) is 6.23. The first-order valence-electron chi connectivity index (χ1n) is 3.46. The highest BCUT2D eigenvalue weighted by atomic mass is 16.5. The molecule has 0 bridgehead atoms. The molecule has 3 nitrogen and oxygen atoms in total. The first-order valence-corrected chi connectivity index (χ1v) is 3.46. The van der Waals surface area contributed by atoms with Gasteiger partial charge in [-0.2, -0.15) is 4.40 Å². The monoisotopic (exact) mass is 149 g/mol. The second kappa shape index (κ2) is 1.99. The van der Waals surface area contributed by atoms with Crippen molar-refractivity contribution in [2.24, 2.45) is 0 Å². The summed E-state index contributed by atoms with van der Waals surface area (Å²) in [7, 11) is 0. The summed E-state index contributed by atoms with van der Waals surface area (Å²) in [5.41, 5.74) is 1.61. The molecule has 2 aromatic heterocycles. The van der Waals surface area contributed by atoms with E-state index in [1.807, 2.05) is 41.9 Å². The molecule has 0 saturated heterocycles. The van der Waals surface area contributed by atoms with Gasteiger partial charge < -0.3 is 5.21 Å². The standard InChI is InChI=1S/C8H9N2O/c1-7-6-9-5-3-2-4-8(9)10(7)11/h2-6,11H,1H3/q+1. The Bertz CT molecular complexity index is 392. The van der Waals surface area contributed by atoms with Gasteiger partial charge in [0.25, 0.3) is 0 Å². The van der Waals surface area contributed by atoms with Crippen LogP contribution in [0.4, 0.5) is 0 Å². The van der Waals surface area contributed by atoms with E-state index in [1.54, 1.807) is 0 Å². The number of pyridine rings is 1. The lowest BCUT2D eigenvalue weighted by Gasteiger charge is -1.84. The average Bonchev–Trinajstić information content (AvgIpc) is 2.30. The maximum absolute atomic E-state index is 9.39. The first-order chi connectivity index (χ1) is 5.29. The van der Waals surface area contributed by atoms with Crippen molar-refractivity contribution >= 4 is 5.65 Å². The highest BCUT2D eigenvalue weighted by Gasteiger charge is 2.10. The van der Waals surface area contributed by atoms with Crippen LogP contribution in [-0.4, -0.2) is 9.94 Å². The van der Waals surface area contributed by atoms with Gasteiger partial charge in [-0.1, -0.05) is 6.07 Å². The fraction of sp³-hybridized carbons (Fsp3) is 0.125. The number of nitrogens with zero attached hydrogens (tertiary/aromatic N) is 2. The quantitative estimate of drug-likeness (QED) is 0.435. The predicted molar refractivity (Wildman–Crippen MR) is 39.5 cm³/mol. The minimum Gasteiger partial charge on any atom is -0.349 e. The highest BCUT2D eigenvalue weighted by Crippen LogP contribution is 1.99. The van der Waals surface area contributed by atoms with Gasteiger partial charge in [-0.25, -0.2) is 0 Å². The molecular formula is C8H9N2O+. The van der Waals surface area contributed by atoms with E-state index >= 15 is 0 Å². The van der Waals surface area contributed by atoms with E-state index in [0.29, 0.717) is 0 Å². The topological polar surface area (TPSA) is 29.3 Å². The Morgan fingerprint density at radius 3 is 3.00 bits per heavy atom. The molecule has 0 fully saturated rings. The van der Waals surface area contributed by atoms with E-state index in [1.165, 1.54) is 4.73 Å². The van der Waals surface area contributed by atoms with Crippen LogP contribution in [0, 0.1) is 6.92 Å². The summed E-state index contributed by atoms with van der Waals surface area (Å²) < 4.78 is 3.04. The number of imidazole rings is 1. The Morgan fingerprint density at radius 2 is 2.27 bits per heavy atom. The predicted octanol–water partition coefficient (Wildman–Crippen LogP) is 0.773. The second-order valence-corrected chi connectivity index (χ2v) is 2.55. The number of aromatic nitrogens is 2. The number of hydrogen-bond acceptors (Lipinski definition) is 1. The molecule has 0 saturated carbocycles. The molecule has 0 spiro atoms. The van der Waals surface area contributed by atoms with Crippen molar-refractivity contribution in [1.82, 2.24) is 4.73 Å². The summed E-state index contributed by atoms with van der Waals surface area (Å²) in [5.74, 6) is 0. The van der Waals surface area contributed by atoms with Crippen molar-refractivity contribution in [2.45, 2.75) is 6.92 Å². The summed E-state index contributed by atoms with van der Waals surface area (Å²) in [6.07, 6.45) is 3.77. The van der Waals surface area contributed by atoms with Crippen LogP contribution >= 0.6 is 0 Å². The van der Waals surface area contributed by atoms with Gasteiger partial charge >= 0.3 is 5.65 Å². The molecule has 0 aromatic carbocycles. The van der Waals surface area contributed by atoms with Gasteiger partial charge in [0.05, 0.1) is 6.20 Å². The largest absolute Gasteiger partial charge is 0.349 e. The molecule has 3 heteroatoms. The van der Waals surface area contributed by atoms with E-state index in [9.17, 15) is 5.21 Å². The maximum atomic E-state index is 9.39. The Hall–Kier alpha value is -1.51. The molecular weight excluding hydrogens is 140 g/mol. The highest BCUT2D eigenvalue weighted by molar-refractivity contribution is 5.30. The molecule has 0 unspecified atom stereocenters. The van der Waals surface area contributed by atoms with Crippen LogP contribution in [0.15, 0.2) is 30.6 Å². The van der Waals surface area contributed by atoms with Crippen LogP contribution < -0.4 is 4.40 Å². The summed E-state index contributed by atoms with van der Waals surface area (Å²) in [6.45, 7) is 1.85. The third kappa shape index (κ3) is 0.774. The van der Waals surface area contributed by atoms with Crippen LogP contribution in [0.2, 0.25) is 0 Å². The lowest BCUT2D eigenvalue weighted by atomic mass is 10.5. The van der Waals surface area contributed by atoms with E-state index in [-0.39, 0.29) is 0 Å². The molecule has 0 radical (unpaired) electrons. The molecule has 2 aromatic rings. The van der Waals surface area contributed by atoms with Crippen LogP contribution in [0.25, 0.3) is 5.65 Å². The SMILES string of the molecule is Cc1c[n+]2ccccc2n1O. The summed E-state index contributed by atoms with van der Waals surface area (Å²) in [4.78, 5) is 0. The molecule has 2 rings (SSSR count). The lowest BCUT2D eigenvalue weighted by Crippen LogP contribution is -2.17. The maximum Gasteiger partial charge on any atom is 0.325 e. The minimum atomic E-state index is 0.782. The van der Waals surface area contributed by atoms with Crippen LogP contribution in [-0.2, 0) is 0 Å². The zero-order valence-electron chi connectivity index (χ0n) is 6.23. The molecule has 0 aliphatic carbocycles. The molecule has 0 aliphatic rings. The van der Waals surface area contributed by atoms with Crippen molar-refractivity contribution in [3.63, 3.8) is 0 Å². The Balaban J connectivity index is 2.92. The zero-order chi connectivity index (χ0) is 7.84. The molecule has 11 heavy (non-hydrogen) atoms. The first kappa shape index (κ1) is 6.22. The molecule has 0 amide bonds. The number of fused-ring (bicyclic) bond motifs is 1. The average molecular weight is 149 g/mol. The third-order valence-electron chi connectivity index (χ3n) is 1.74. The smallest absolute Gasteiger partial charge is 0.325 e. The van der Waals surface area contributed by atoms with Gasteiger partial charge in [0, 0.05) is 13.0 Å². The lowest BCUT2D eigenvalue weighted by molar-refractivity contribution is -0.512. The van der Waals surface area contributed by atoms with E-state index in [0.717, 1.165) is 11.3 Å². The van der Waals surface area contributed by atoms with Gasteiger partial charge in [-0.15, -0.1) is 0 Å². The fourth-order valence-electron chi connectivity index (χ4n) is 1.17. The van der Waals surface area contributed by atoms with Crippen LogP contribution in [0.1, 0.15) is 5.69 Å². The Morgan fingerprint density at radius 1 is 1.45 bits per heavy atom. The van der Waals surface area contributed by atoms with E-state index < -0.39 is 0 Å². The van der Waals surface area contributed by atoms with Crippen molar-refractivity contribution in [3.05, 3.63) is 36.3 Å². The van der Waals surface area contributed by atoms with Gasteiger partial charge in [0.15, 0.2) is 5.69 Å². The summed E-state index contributed by atoms with van der Waals surface area (Å²) in [6, 6.07) is 5.67.